The fourth-order valence-electron chi connectivity index (χ4n) is 2.84. The molecule has 1 aliphatic heterocycles. The molecule has 0 saturated heterocycles. The van der Waals surface area contributed by atoms with Gasteiger partial charge in [0, 0.05) is 25.9 Å². The van der Waals surface area contributed by atoms with Crippen LogP contribution in [0.3, 0.4) is 0 Å². The van der Waals surface area contributed by atoms with E-state index in [9.17, 15) is 4.79 Å². The first-order chi connectivity index (χ1) is 10.7. The Morgan fingerprint density at radius 2 is 2.23 bits per heavy atom. The van der Waals surface area contributed by atoms with Gasteiger partial charge >= 0.3 is 0 Å². The fraction of sp³-hybridized carbons (Fsp3) is 0.500. The summed E-state index contributed by atoms with van der Waals surface area (Å²) < 4.78 is 5.51. The van der Waals surface area contributed by atoms with Crippen molar-refractivity contribution < 1.29 is 9.52 Å². The topological polar surface area (TPSA) is 82.4 Å². The second-order valence-electron chi connectivity index (χ2n) is 5.67. The molecule has 6 nitrogen and oxygen atoms in total. The number of H-pyrrole nitrogens is 1. The molecule has 0 unspecified atom stereocenters. The molecule has 0 spiro atoms. The van der Waals surface area contributed by atoms with E-state index >= 15 is 0 Å². The highest BCUT2D eigenvalue weighted by Gasteiger charge is 2.21. The van der Waals surface area contributed by atoms with Crippen molar-refractivity contribution in [1.82, 2.24) is 14.9 Å². The van der Waals surface area contributed by atoms with Gasteiger partial charge in [-0.3, -0.25) is 9.69 Å². The van der Waals surface area contributed by atoms with E-state index < -0.39 is 0 Å². The monoisotopic (exact) mass is 303 g/mol. The highest BCUT2D eigenvalue weighted by Crippen LogP contribution is 2.18. The third kappa shape index (κ3) is 3.13. The number of hydrogen-bond donors (Lipinski definition) is 2. The van der Waals surface area contributed by atoms with E-state index in [-0.39, 0.29) is 12.2 Å². The summed E-state index contributed by atoms with van der Waals surface area (Å²) in [5, 5.41) is 9.03. The van der Waals surface area contributed by atoms with Crippen molar-refractivity contribution in [3.63, 3.8) is 0 Å². The van der Waals surface area contributed by atoms with Crippen LogP contribution in [0.15, 0.2) is 21.3 Å². The highest BCUT2D eigenvalue weighted by molar-refractivity contribution is 5.21. The maximum absolute atomic E-state index is 12.2. The number of aromatic nitrogens is 2. The normalized spacial score (nSPS) is 15.0. The summed E-state index contributed by atoms with van der Waals surface area (Å²) in [7, 11) is 0. The molecule has 0 amide bonds. The predicted molar refractivity (Wildman–Crippen MR) is 81.3 cm³/mol. The van der Waals surface area contributed by atoms with E-state index in [4.69, 9.17) is 9.52 Å². The molecule has 0 bridgehead atoms. The third-order valence-corrected chi connectivity index (χ3v) is 3.94. The summed E-state index contributed by atoms with van der Waals surface area (Å²) in [4.78, 5) is 21.9. The molecular formula is C16H21N3O3. The van der Waals surface area contributed by atoms with Gasteiger partial charge in [0.05, 0.1) is 17.8 Å². The molecule has 118 valence electrons. The molecule has 3 rings (SSSR count). The van der Waals surface area contributed by atoms with E-state index in [1.165, 1.54) is 0 Å². The molecule has 22 heavy (non-hydrogen) atoms. The Morgan fingerprint density at radius 3 is 2.95 bits per heavy atom. The van der Waals surface area contributed by atoms with E-state index in [2.05, 4.69) is 21.8 Å². The number of nitrogens with one attached hydrogen (secondary N) is 1. The molecule has 3 heterocycles. The lowest BCUT2D eigenvalue weighted by molar-refractivity contribution is 0.206. The Hall–Kier alpha value is -1.92. The summed E-state index contributed by atoms with van der Waals surface area (Å²) >= 11 is 0. The number of aromatic amines is 1. The zero-order chi connectivity index (χ0) is 15.5. The number of furan rings is 1. The van der Waals surface area contributed by atoms with E-state index in [0.717, 1.165) is 48.6 Å². The number of rotatable bonds is 5. The van der Waals surface area contributed by atoms with Gasteiger partial charge in [-0.1, -0.05) is 6.92 Å². The largest absolute Gasteiger partial charge is 0.462 e. The molecule has 2 aromatic rings. The second kappa shape index (κ2) is 6.46. The molecule has 0 atom stereocenters. The van der Waals surface area contributed by atoms with Gasteiger partial charge in [-0.05, 0) is 18.6 Å². The Bertz CT molecular complexity index is 705. The van der Waals surface area contributed by atoms with Crippen LogP contribution in [0.5, 0.6) is 0 Å². The van der Waals surface area contributed by atoms with Gasteiger partial charge in [-0.15, -0.1) is 0 Å². The Balaban J connectivity index is 1.74. The van der Waals surface area contributed by atoms with Crippen LogP contribution >= 0.6 is 0 Å². The summed E-state index contributed by atoms with van der Waals surface area (Å²) in [6.07, 6.45) is 2.56. The lowest BCUT2D eigenvalue weighted by Crippen LogP contribution is -2.35. The maximum atomic E-state index is 12.2. The minimum absolute atomic E-state index is 0.0198. The molecule has 0 radical (unpaired) electrons. The van der Waals surface area contributed by atoms with Gasteiger partial charge in [0.2, 0.25) is 0 Å². The summed E-state index contributed by atoms with van der Waals surface area (Å²) in [6, 6.07) is 3.65. The van der Waals surface area contributed by atoms with Gasteiger partial charge in [0.1, 0.15) is 24.0 Å². The van der Waals surface area contributed by atoms with Gasteiger partial charge in [-0.25, -0.2) is 4.98 Å². The number of fused-ring (bicyclic) bond motifs is 1. The maximum Gasteiger partial charge on any atom is 0.255 e. The van der Waals surface area contributed by atoms with Crippen LogP contribution in [0.25, 0.3) is 0 Å². The Morgan fingerprint density at radius 1 is 1.41 bits per heavy atom. The first kappa shape index (κ1) is 15.0. The van der Waals surface area contributed by atoms with Gasteiger partial charge in [0.25, 0.3) is 5.56 Å². The van der Waals surface area contributed by atoms with Crippen LogP contribution in [0, 0.1) is 0 Å². The average molecular weight is 303 g/mol. The Kier molecular flexibility index (Phi) is 4.40. The van der Waals surface area contributed by atoms with Gasteiger partial charge in [-0.2, -0.15) is 0 Å². The van der Waals surface area contributed by atoms with Crippen LogP contribution < -0.4 is 5.56 Å². The molecular weight excluding hydrogens is 282 g/mol. The van der Waals surface area contributed by atoms with Crippen LogP contribution in [-0.4, -0.2) is 26.5 Å². The minimum atomic E-state index is -0.0906. The number of aryl methyl sites for hydroxylation is 1. The van der Waals surface area contributed by atoms with Crippen molar-refractivity contribution in [2.24, 2.45) is 0 Å². The Labute approximate surface area is 128 Å². The molecule has 2 N–H and O–H groups in total. The van der Waals surface area contributed by atoms with Crippen LogP contribution in [-0.2, 0) is 32.5 Å². The average Bonchev–Trinajstić information content (AvgIpc) is 2.96. The first-order valence-corrected chi connectivity index (χ1v) is 7.71. The molecule has 6 heteroatoms. The zero-order valence-corrected chi connectivity index (χ0v) is 12.8. The van der Waals surface area contributed by atoms with Crippen LogP contribution in [0.4, 0.5) is 0 Å². The summed E-state index contributed by atoms with van der Waals surface area (Å²) in [5.74, 6) is 2.16. The second-order valence-corrected chi connectivity index (χ2v) is 5.67. The lowest BCUT2D eigenvalue weighted by Gasteiger charge is -2.26. The van der Waals surface area contributed by atoms with E-state index in [0.29, 0.717) is 18.8 Å². The van der Waals surface area contributed by atoms with Crippen LogP contribution in [0.2, 0.25) is 0 Å². The zero-order valence-electron chi connectivity index (χ0n) is 12.8. The summed E-state index contributed by atoms with van der Waals surface area (Å²) in [5.41, 5.74) is 1.67. The fourth-order valence-corrected chi connectivity index (χ4v) is 2.84. The first-order valence-electron chi connectivity index (χ1n) is 7.71. The molecule has 0 aromatic carbocycles. The number of aliphatic hydroxyl groups excluding tert-OH is 1. The highest BCUT2D eigenvalue weighted by atomic mass is 16.4. The molecule has 2 aromatic heterocycles. The van der Waals surface area contributed by atoms with E-state index in [1.54, 1.807) is 6.07 Å². The third-order valence-electron chi connectivity index (χ3n) is 3.94. The standard InChI is InChI=1S/C16H21N3O3/c1-2-3-15-17-14-6-7-19(9-13(14)16(21)18-15)8-11-4-5-12(10-20)22-11/h4-5,20H,2-3,6-10H2,1H3,(H,17,18,21). The van der Waals surface area contributed by atoms with Gasteiger partial charge < -0.3 is 14.5 Å². The SMILES string of the molecule is CCCc1nc2c(c(=O)[nH]1)CN(Cc1ccc(CO)o1)CC2. The molecule has 0 saturated carbocycles. The van der Waals surface area contributed by atoms with Crippen molar-refractivity contribution in [1.29, 1.82) is 0 Å². The van der Waals surface area contributed by atoms with Crippen LogP contribution in [0.1, 0.15) is 41.9 Å². The molecule has 1 aliphatic rings. The molecule has 0 aliphatic carbocycles. The van der Waals surface area contributed by atoms with Crippen molar-refractivity contribution in [3.8, 4) is 0 Å². The van der Waals surface area contributed by atoms with E-state index in [1.807, 2.05) is 6.07 Å². The van der Waals surface area contributed by atoms with Crippen molar-refractivity contribution in [2.45, 2.75) is 45.9 Å². The molecule has 0 fully saturated rings. The van der Waals surface area contributed by atoms with Crippen molar-refractivity contribution >= 4 is 0 Å². The smallest absolute Gasteiger partial charge is 0.255 e. The quantitative estimate of drug-likeness (QED) is 0.871. The van der Waals surface area contributed by atoms with Gasteiger partial charge in [0.15, 0.2) is 0 Å². The van der Waals surface area contributed by atoms with Crippen molar-refractivity contribution in [2.75, 3.05) is 6.54 Å². The lowest BCUT2D eigenvalue weighted by atomic mass is 10.1. The number of hydrogen-bond acceptors (Lipinski definition) is 5. The predicted octanol–water partition coefficient (Wildman–Crippen LogP) is 1.37. The number of nitrogens with zero attached hydrogens (tertiary/aromatic N) is 2. The summed E-state index contributed by atoms with van der Waals surface area (Å²) in [6.45, 7) is 4.05. The van der Waals surface area contributed by atoms with Crippen molar-refractivity contribution in [3.05, 3.63) is 51.1 Å². The number of aliphatic hydroxyl groups is 1. The minimum Gasteiger partial charge on any atom is -0.462 e.